The minimum atomic E-state index is -0.301. The first-order valence-electron chi connectivity index (χ1n) is 8.31. The molecule has 3 aromatic carbocycles. The molecule has 0 atom stereocenters. The van der Waals surface area contributed by atoms with Gasteiger partial charge in [0.15, 0.2) is 0 Å². The molecule has 3 nitrogen and oxygen atoms in total. The van der Waals surface area contributed by atoms with Crippen LogP contribution in [0.1, 0.15) is 11.1 Å². The lowest BCUT2D eigenvalue weighted by Crippen LogP contribution is -1.79. The van der Waals surface area contributed by atoms with Gasteiger partial charge in [0.05, 0.1) is 0 Å². The first-order chi connectivity index (χ1) is 13.2. The normalized spacial score (nSPS) is 11.2. The topological polar surface area (TPSA) is 38.9 Å². The Labute approximate surface area is 164 Å². The van der Waals surface area contributed by atoms with Crippen LogP contribution in [0.2, 0.25) is 0 Å². The molecule has 0 bridgehead atoms. The molecule has 132 valence electrons. The summed E-state index contributed by atoms with van der Waals surface area (Å²) in [6, 6.07) is 21.9. The van der Waals surface area contributed by atoms with Crippen molar-refractivity contribution in [2.24, 2.45) is 0 Å². The lowest BCUT2D eigenvalue weighted by Gasteiger charge is -1.99. The average Bonchev–Trinajstić information content (AvgIpc) is 3.18. The Balaban J connectivity index is 1.53. The molecule has 0 fully saturated rings. The van der Waals surface area contributed by atoms with Crippen LogP contribution in [-0.2, 0) is 0 Å². The molecule has 4 rings (SSSR count). The van der Waals surface area contributed by atoms with Crippen molar-refractivity contribution in [2.75, 3.05) is 0 Å². The van der Waals surface area contributed by atoms with Gasteiger partial charge in [-0.15, -0.1) is 10.2 Å². The van der Waals surface area contributed by atoms with Crippen molar-refractivity contribution in [1.82, 2.24) is 10.2 Å². The Morgan fingerprint density at radius 1 is 0.741 bits per heavy atom. The average molecular weight is 421 g/mol. The summed E-state index contributed by atoms with van der Waals surface area (Å²) in [6.07, 6.45) is 4.10. The van der Waals surface area contributed by atoms with Crippen molar-refractivity contribution < 1.29 is 8.81 Å². The van der Waals surface area contributed by atoms with Gasteiger partial charge in [0, 0.05) is 15.6 Å². The molecule has 27 heavy (non-hydrogen) atoms. The monoisotopic (exact) mass is 420 g/mol. The summed E-state index contributed by atoms with van der Waals surface area (Å²) in [7, 11) is 0. The number of hydrogen-bond donors (Lipinski definition) is 0. The van der Waals surface area contributed by atoms with Crippen molar-refractivity contribution >= 4 is 28.1 Å². The molecule has 0 saturated heterocycles. The Bertz CT molecular complexity index is 1090. The lowest BCUT2D eigenvalue weighted by molar-refractivity contribution is 0.584. The van der Waals surface area contributed by atoms with Crippen molar-refractivity contribution in [2.45, 2.75) is 0 Å². The number of hydrogen-bond acceptors (Lipinski definition) is 3. The maximum atomic E-state index is 13.0. The van der Waals surface area contributed by atoms with Gasteiger partial charge in [0.2, 0.25) is 11.8 Å². The second kappa shape index (κ2) is 7.68. The minimum Gasteiger partial charge on any atom is -0.416 e. The minimum absolute atomic E-state index is 0.301. The van der Waals surface area contributed by atoms with Gasteiger partial charge in [-0.05, 0) is 53.6 Å². The fourth-order valence-corrected chi connectivity index (χ4v) is 3.00. The van der Waals surface area contributed by atoms with Crippen LogP contribution in [0.25, 0.3) is 35.1 Å². The predicted molar refractivity (Wildman–Crippen MR) is 108 cm³/mol. The summed E-state index contributed by atoms with van der Waals surface area (Å²) < 4.78 is 19.8. The molecule has 1 aromatic heterocycles. The third-order valence-corrected chi connectivity index (χ3v) is 4.76. The van der Waals surface area contributed by atoms with E-state index in [1.54, 1.807) is 12.1 Å². The summed E-state index contributed by atoms with van der Waals surface area (Å²) in [5, 5.41) is 8.13. The number of aromatic nitrogens is 2. The van der Waals surface area contributed by atoms with E-state index in [2.05, 4.69) is 32.2 Å². The predicted octanol–water partition coefficient (Wildman–Crippen LogP) is 6.48. The molecular weight excluding hydrogens is 407 g/mol. The highest BCUT2D eigenvalue weighted by molar-refractivity contribution is 9.10. The zero-order chi connectivity index (χ0) is 18.6. The van der Waals surface area contributed by atoms with Crippen molar-refractivity contribution in [3.63, 3.8) is 0 Å². The van der Waals surface area contributed by atoms with E-state index in [1.165, 1.54) is 12.1 Å². The fraction of sp³-hybridized carbons (Fsp3) is 0. The first-order valence-corrected chi connectivity index (χ1v) is 9.11. The third kappa shape index (κ3) is 4.04. The Hall–Kier alpha value is -3.05. The van der Waals surface area contributed by atoms with Gasteiger partial charge in [-0.2, -0.15) is 0 Å². The van der Waals surface area contributed by atoms with Gasteiger partial charge < -0.3 is 4.42 Å². The highest BCUT2D eigenvalue weighted by Gasteiger charge is 2.10. The summed E-state index contributed by atoms with van der Waals surface area (Å²) in [5.74, 6) is 0.489. The summed E-state index contributed by atoms with van der Waals surface area (Å²) in [4.78, 5) is 0. The molecule has 0 saturated carbocycles. The van der Waals surface area contributed by atoms with E-state index in [0.29, 0.717) is 17.3 Å². The van der Waals surface area contributed by atoms with Crippen LogP contribution in [0.15, 0.2) is 81.7 Å². The van der Waals surface area contributed by atoms with E-state index in [4.69, 9.17) is 4.42 Å². The lowest BCUT2D eigenvalue weighted by atomic mass is 10.1. The molecule has 0 spiro atoms. The van der Waals surface area contributed by atoms with Crippen LogP contribution in [0.4, 0.5) is 4.39 Å². The van der Waals surface area contributed by atoms with Crippen LogP contribution in [0.3, 0.4) is 0 Å². The SMILES string of the molecule is Fc1ccc(-c2nnc(-c3ccc(/C=C/c4ccccc4Br)cc3)o2)cc1. The molecule has 0 aliphatic rings. The van der Waals surface area contributed by atoms with Crippen LogP contribution >= 0.6 is 15.9 Å². The number of rotatable bonds is 4. The zero-order valence-corrected chi connectivity index (χ0v) is 15.7. The van der Waals surface area contributed by atoms with E-state index in [9.17, 15) is 4.39 Å². The summed E-state index contributed by atoms with van der Waals surface area (Å²) in [5.41, 5.74) is 3.69. The molecule has 0 radical (unpaired) electrons. The van der Waals surface area contributed by atoms with Crippen LogP contribution in [-0.4, -0.2) is 10.2 Å². The fourth-order valence-electron chi connectivity index (χ4n) is 2.58. The van der Waals surface area contributed by atoms with E-state index in [1.807, 2.05) is 54.6 Å². The van der Waals surface area contributed by atoms with E-state index in [0.717, 1.165) is 21.2 Å². The van der Waals surface area contributed by atoms with Gasteiger partial charge in [-0.25, -0.2) is 4.39 Å². The Kier molecular flexibility index (Phi) is 4.94. The second-order valence-electron chi connectivity index (χ2n) is 5.90. The first kappa shape index (κ1) is 17.4. The smallest absolute Gasteiger partial charge is 0.248 e. The van der Waals surface area contributed by atoms with Gasteiger partial charge in [0.1, 0.15) is 5.82 Å². The number of halogens is 2. The highest BCUT2D eigenvalue weighted by Crippen LogP contribution is 2.25. The maximum absolute atomic E-state index is 13.0. The van der Waals surface area contributed by atoms with Gasteiger partial charge >= 0.3 is 0 Å². The van der Waals surface area contributed by atoms with Crippen LogP contribution in [0.5, 0.6) is 0 Å². The van der Waals surface area contributed by atoms with E-state index < -0.39 is 0 Å². The molecule has 0 aliphatic heterocycles. The standard InChI is InChI=1S/C22H14BrFN2O/c23-20-4-2-1-3-16(20)8-5-15-6-9-17(10-7-15)21-25-26-22(27-21)18-11-13-19(24)14-12-18/h1-14H/b8-5+. The number of benzene rings is 3. The van der Waals surface area contributed by atoms with Crippen molar-refractivity contribution in [3.05, 3.63) is 94.2 Å². The van der Waals surface area contributed by atoms with Gasteiger partial charge in [-0.1, -0.05) is 58.4 Å². The molecule has 0 amide bonds. The summed E-state index contributed by atoms with van der Waals surface area (Å²) in [6.45, 7) is 0. The van der Waals surface area contributed by atoms with Gasteiger partial charge in [0.25, 0.3) is 0 Å². The molecule has 0 unspecified atom stereocenters. The number of nitrogens with zero attached hydrogens (tertiary/aromatic N) is 2. The van der Waals surface area contributed by atoms with Crippen molar-refractivity contribution in [1.29, 1.82) is 0 Å². The molecule has 0 N–H and O–H groups in total. The molecule has 4 aromatic rings. The zero-order valence-electron chi connectivity index (χ0n) is 14.1. The Morgan fingerprint density at radius 3 is 1.96 bits per heavy atom. The van der Waals surface area contributed by atoms with E-state index >= 15 is 0 Å². The summed E-state index contributed by atoms with van der Waals surface area (Å²) >= 11 is 3.54. The third-order valence-electron chi connectivity index (χ3n) is 4.03. The van der Waals surface area contributed by atoms with Crippen LogP contribution in [0, 0.1) is 5.82 Å². The Morgan fingerprint density at radius 2 is 1.33 bits per heavy atom. The molecular formula is C22H14BrFN2O. The van der Waals surface area contributed by atoms with Gasteiger partial charge in [-0.3, -0.25) is 0 Å². The highest BCUT2D eigenvalue weighted by atomic mass is 79.9. The second-order valence-corrected chi connectivity index (χ2v) is 6.75. The van der Waals surface area contributed by atoms with Crippen LogP contribution < -0.4 is 0 Å². The quantitative estimate of drug-likeness (QED) is 0.354. The van der Waals surface area contributed by atoms with Crippen molar-refractivity contribution in [3.8, 4) is 22.9 Å². The molecule has 0 aliphatic carbocycles. The van der Waals surface area contributed by atoms with E-state index in [-0.39, 0.29) is 5.82 Å². The maximum Gasteiger partial charge on any atom is 0.248 e. The molecule has 5 heteroatoms. The largest absolute Gasteiger partial charge is 0.416 e. The molecule has 1 heterocycles.